The van der Waals surface area contributed by atoms with Crippen LogP contribution in [0.4, 0.5) is 0 Å². The zero-order valence-electron chi connectivity index (χ0n) is 8.27. The molecule has 0 aromatic rings. The molecule has 0 aromatic heterocycles. The summed E-state index contributed by atoms with van der Waals surface area (Å²) >= 11 is 0. The number of hydrogen-bond donors (Lipinski definition) is 0. The second-order valence-electron chi connectivity index (χ2n) is 2.92. The number of imidazole rings is 1. The van der Waals surface area contributed by atoms with Gasteiger partial charge in [0.2, 0.25) is 0 Å². The van der Waals surface area contributed by atoms with E-state index in [2.05, 4.69) is 16.0 Å². The molecule has 0 amide bonds. The van der Waals surface area contributed by atoms with E-state index in [1.807, 2.05) is 19.1 Å². The van der Waals surface area contributed by atoms with Gasteiger partial charge in [-0.3, -0.25) is 0 Å². The van der Waals surface area contributed by atoms with Gasteiger partial charge in [0.25, 0.3) is 0 Å². The van der Waals surface area contributed by atoms with E-state index in [9.17, 15) is 0 Å². The first-order valence-corrected chi connectivity index (χ1v) is 4.65. The SMILES string of the molecule is CCOc1nc2ccccc(C#N)c-2n1. The summed E-state index contributed by atoms with van der Waals surface area (Å²) in [6, 6.07) is 9.56. The molecule has 0 spiro atoms. The molecule has 0 atom stereocenters. The molecule has 74 valence electrons. The Morgan fingerprint density at radius 2 is 2.13 bits per heavy atom. The van der Waals surface area contributed by atoms with Crippen molar-refractivity contribution in [3.8, 4) is 23.5 Å². The first-order chi connectivity index (χ1) is 7.35. The van der Waals surface area contributed by atoms with Gasteiger partial charge in [0.15, 0.2) is 0 Å². The molecule has 0 unspecified atom stereocenters. The fourth-order valence-corrected chi connectivity index (χ4v) is 1.31. The lowest BCUT2D eigenvalue weighted by Gasteiger charge is -1.91. The maximum atomic E-state index is 8.93. The van der Waals surface area contributed by atoms with Crippen LogP contribution < -0.4 is 4.74 Å². The van der Waals surface area contributed by atoms with E-state index in [0.717, 1.165) is 0 Å². The van der Waals surface area contributed by atoms with Crippen molar-refractivity contribution in [2.24, 2.45) is 0 Å². The number of nitriles is 1. The zero-order valence-corrected chi connectivity index (χ0v) is 8.27. The van der Waals surface area contributed by atoms with Crippen LogP contribution in [0.1, 0.15) is 12.5 Å². The van der Waals surface area contributed by atoms with Crippen molar-refractivity contribution in [1.29, 1.82) is 5.26 Å². The van der Waals surface area contributed by atoms with Crippen molar-refractivity contribution in [2.45, 2.75) is 6.92 Å². The smallest absolute Gasteiger partial charge is 0.317 e. The number of ether oxygens (including phenoxy) is 1. The summed E-state index contributed by atoms with van der Waals surface area (Å²) < 4.78 is 5.19. The van der Waals surface area contributed by atoms with Crippen molar-refractivity contribution in [1.82, 2.24) is 9.97 Å². The van der Waals surface area contributed by atoms with E-state index in [1.165, 1.54) is 0 Å². The predicted molar refractivity (Wildman–Crippen MR) is 54.5 cm³/mol. The summed E-state index contributed by atoms with van der Waals surface area (Å²) in [4.78, 5) is 8.32. The second-order valence-corrected chi connectivity index (χ2v) is 2.92. The van der Waals surface area contributed by atoms with Gasteiger partial charge < -0.3 is 4.74 Å². The monoisotopic (exact) mass is 199 g/mol. The fraction of sp³-hybridized carbons (Fsp3) is 0.182. The van der Waals surface area contributed by atoms with E-state index in [-0.39, 0.29) is 0 Å². The summed E-state index contributed by atoms with van der Waals surface area (Å²) in [5.74, 6) is 0. The van der Waals surface area contributed by atoms with Gasteiger partial charge in [-0.15, -0.1) is 0 Å². The van der Waals surface area contributed by atoms with Crippen LogP contribution in [0.3, 0.4) is 0 Å². The third kappa shape index (κ3) is 1.72. The molecule has 4 heteroatoms. The van der Waals surface area contributed by atoms with Gasteiger partial charge in [-0.2, -0.15) is 15.2 Å². The Hall–Kier alpha value is -2.15. The van der Waals surface area contributed by atoms with E-state index < -0.39 is 0 Å². The molecular weight excluding hydrogens is 190 g/mol. The highest BCUT2D eigenvalue weighted by Gasteiger charge is 2.13. The predicted octanol–water partition coefficient (Wildman–Crippen LogP) is 1.85. The zero-order chi connectivity index (χ0) is 10.7. The van der Waals surface area contributed by atoms with Crippen LogP contribution in [0.5, 0.6) is 6.01 Å². The molecule has 2 aliphatic rings. The van der Waals surface area contributed by atoms with Crippen molar-refractivity contribution in [3.63, 3.8) is 0 Å². The third-order valence-corrected chi connectivity index (χ3v) is 1.94. The number of rotatable bonds is 2. The minimum absolute atomic E-state index is 0.329. The quantitative estimate of drug-likeness (QED) is 0.740. The third-order valence-electron chi connectivity index (χ3n) is 1.94. The Balaban J connectivity index is 2.59. The van der Waals surface area contributed by atoms with Crippen LogP contribution in [0, 0.1) is 11.3 Å². The Morgan fingerprint density at radius 3 is 2.87 bits per heavy atom. The largest absolute Gasteiger partial charge is 0.464 e. The molecule has 4 nitrogen and oxygen atoms in total. The van der Waals surface area contributed by atoms with Crippen LogP contribution in [0.25, 0.3) is 11.4 Å². The Morgan fingerprint density at radius 1 is 1.33 bits per heavy atom. The number of nitrogens with zero attached hydrogens (tertiary/aromatic N) is 3. The number of aromatic nitrogens is 2. The summed E-state index contributed by atoms with van der Waals surface area (Å²) in [7, 11) is 0. The number of fused-ring (bicyclic) bond motifs is 1. The first-order valence-electron chi connectivity index (χ1n) is 4.65. The highest BCUT2D eigenvalue weighted by molar-refractivity contribution is 5.64. The second kappa shape index (κ2) is 3.93. The maximum absolute atomic E-state index is 8.93. The molecular formula is C11H9N3O. The minimum Gasteiger partial charge on any atom is -0.464 e. The fourth-order valence-electron chi connectivity index (χ4n) is 1.31. The van der Waals surface area contributed by atoms with E-state index >= 15 is 0 Å². The van der Waals surface area contributed by atoms with E-state index in [4.69, 9.17) is 10.00 Å². The van der Waals surface area contributed by atoms with Gasteiger partial charge in [-0.25, -0.2) is 0 Å². The highest BCUT2D eigenvalue weighted by Crippen LogP contribution is 2.24. The van der Waals surface area contributed by atoms with Gasteiger partial charge >= 0.3 is 6.01 Å². The average Bonchev–Trinajstić information content (AvgIpc) is 2.53. The van der Waals surface area contributed by atoms with Crippen LogP contribution in [-0.2, 0) is 0 Å². The molecule has 1 aliphatic carbocycles. The lowest BCUT2D eigenvalue weighted by Crippen LogP contribution is -1.92. The molecule has 1 aliphatic heterocycles. The molecule has 15 heavy (non-hydrogen) atoms. The van der Waals surface area contributed by atoms with Crippen molar-refractivity contribution in [2.75, 3.05) is 6.61 Å². The molecule has 0 saturated carbocycles. The van der Waals surface area contributed by atoms with Gasteiger partial charge in [-0.1, -0.05) is 12.1 Å². The molecule has 1 heterocycles. The average molecular weight is 199 g/mol. The minimum atomic E-state index is 0.329. The van der Waals surface area contributed by atoms with Crippen LogP contribution in [-0.4, -0.2) is 16.6 Å². The van der Waals surface area contributed by atoms with Crippen LogP contribution in [0.2, 0.25) is 0 Å². The van der Waals surface area contributed by atoms with E-state index in [1.54, 1.807) is 12.1 Å². The molecule has 0 N–H and O–H groups in total. The Kier molecular flexibility index (Phi) is 2.46. The Labute approximate surface area is 87.5 Å². The summed E-state index contributed by atoms with van der Waals surface area (Å²) in [6.07, 6.45) is 0. The van der Waals surface area contributed by atoms with Gasteiger partial charge in [0.1, 0.15) is 11.8 Å². The van der Waals surface area contributed by atoms with Crippen molar-refractivity contribution in [3.05, 3.63) is 29.8 Å². The molecule has 2 rings (SSSR count). The summed E-state index contributed by atoms with van der Waals surface area (Å²) in [5, 5.41) is 8.93. The van der Waals surface area contributed by atoms with Crippen molar-refractivity contribution < 1.29 is 4.74 Å². The summed E-state index contributed by atoms with van der Waals surface area (Å²) in [5.41, 5.74) is 1.78. The highest BCUT2D eigenvalue weighted by atomic mass is 16.5. The maximum Gasteiger partial charge on any atom is 0.317 e. The molecule has 0 fully saturated rings. The number of hydrogen-bond acceptors (Lipinski definition) is 4. The van der Waals surface area contributed by atoms with Gasteiger partial charge in [-0.05, 0) is 19.1 Å². The Bertz CT molecular complexity index is 490. The first kappa shape index (κ1) is 9.41. The van der Waals surface area contributed by atoms with Crippen LogP contribution >= 0.6 is 0 Å². The van der Waals surface area contributed by atoms with E-state index in [0.29, 0.717) is 29.6 Å². The molecule has 0 saturated heterocycles. The molecule has 0 radical (unpaired) electrons. The van der Waals surface area contributed by atoms with Crippen LogP contribution in [0.15, 0.2) is 24.3 Å². The molecule has 0 aromatic carbocycles. The summed E-state index contributed by atoms with van der Waals surface area (Å²) in [6.45, 7) is 2.39. The lowest BCUT2D eigenvalue weighted by atomic mass is 10.2. The standard InChI is InChI=1S/C11H9N3O/c1-2-15-11-13-9-6-4-3-5-8(7-12)10(9)14-11/h3-6H,2H2,1H3. The molecule has 0 bridgehead atoms. The lowest BCUT2D eigenvalue weighted by molar-refractivity contribution is 0.316. The van der Waals surface area contributed by atoms with Gasteiger partial charge in [0.05, 0.1) is 17.9 Å². The topological polar surface area (TPSA) is 58.8 Å². The van der Waals surface area contributed by atoms with Gasteiger partial charge in [0, 0.05) is 0 Å². The van der Waals surface area contributed by atoms with Crippen molar-refractivity contribution >= 4 is 0 Å². The normalized spacial score (nSPS) is 9.87.